The first-order chi connectivity index (χ1) is 15.0. The minimum atomic E-state index is -0.425. The third kappa shape index (κ3) is 4.48. The zero-order valence-corrected chi connectivity index (χ0v) is 17.5. The maximum absolute atomic E-state index is 11.4. The molecule has 0 unspecified atom stereocenters. The molecule has 0 spiro atoms. The number of nitrogens with zero attached hydrogens (tertiary/aromatic N) is 3. The SMILES string of the molecule is CCc1ccn2c(C)c(C=Cc3ccc([N+](=O)[O-])c(OCc4ccccc4)c3)nc2c1. The van der Waals surface area contributed by atoms with E-state index in [0.29, 0.717) is 0 Å². The quantitative estimate of drug-likeness (QED) is 0.281. The first-order valence-corrected chi connectivity index (χ1v) is 10.2. The largest absolute Gasteiger partial charge is 0.482 e. The van der Waals surface area contributed by atoms with Crippen LogP contribution in [0.1, 0.15) is 35.0 Å². The number of ether oxygens (including phenoxy) is 1. The number of hydrogen-bond acceptors (Lipinski definition) is 4. The van der Waals surface area contributed by atoms with Gasteiger partial charge in [0.2, 0.25) is 0 Å². The third-order valence-corrected chi connectivity index (χ3v) is 5.23. The lowest BCUT2D eigenvalue weighted by atomic mass is 10.1. The van der Waals surface area contributed by atoms with Gasteiger partial charge in [0.15, 0.2) is 5.75 Å². The fourth-order valence-corrected chi connectivity index (χ4v) is 3.42. The second-order valence-corrected chi connectivity index (χ2v) is 7.29. The van der Waals surface area contributed by atoms with Gasteiger partial charge in [0.25, 0.3) is 0 Å². The number of pyridine rings is 1. The first kappa shape index (κ1) is 20.3. The highest BCUT2D eigenvalue weighted by Crippen LogP contribution is 2.29. The Morgan fingerprint density at radius 3 is 2.61 bits per heavy atom. The van der Waals surface area contributed by atoms with E-state index in [1.54, 1.807) is 12.1 Å². The van der Waals surface area contributed by atoms with Crippen molar-refractivity contribution < 1.29 is 9.66 Å². The second-order valence-electron chi connectivity index (χ2n) is 7.29. The molecule has 0 bridgehead atoms. The second kappa shape index (κ2) is 8.83. The number of aromatic nitrogens is 2. The predicted molar refractivity (Wildman–Crippen MR) is 122 cm³/mol. The molecule has 0 aliphatic heterocycles. The molecule has 0 saturated heterocycles. The van der Waals surface area contributed by atoms with Gasteiger partial charge < -0.3 is 9.14 Å². The van der Waals surface area contributed by atoms with E-state index in [9.17, 15) is 10.1 Å². The maximum Gasteiger partial charge on any atom is 0.310 e. The van der Waals surface area contributed by atoms with E-state index in [0.717, 1.165) is 34.6 Å². The van der Waals surface area contributed by atoms with Gasteiger partial charge in [0.1, 0.15) is 12.3 Å². The monoisotopic (exact) mass is 413 g/mol. The smallest absolute Gasteiger partial charge is 0.310 e. The molecule has 0 aliphatic carbocycles. The minimum Gasteiger partial charge on any atom is -0.482 e. The van der Waals surface area contributed by atoms with Gasteiger partial charge in [-0.2, -0.15) is 0 Å². The standard InChI is InChI=1S/C25H23N3O3/c1-3-19-13-14-27-18(2)22(26-25(27)16-19)11-9-20-10-12-23(28(29)30)24(15-20)31-17-21-7-5-4-6-8-21/h4-16H,3,17H2,1-2H3. The van der Waals surface area contributed by atoms with Gasteiger partial charge in [-0.3, -0.25) is 10.1 Å². The molecule has 0 radical (unpaired) electrons. The normalized spacial score (nSPS) is 11.3. The van der Waals surface area contributed by atoms with Crippen molar-refractivity contribution in [1.29, 1.82) is 0 Å². The minimum absolute atomic E-state index is 0.0518. The average molecular weight is 413 g/mol. The molecular formula is C25H23N3O3. The zero-order chi connectivity index (χ0) is 21.8. The number of nitro benzene ring substituents is 1. The van der Waals surface area contributed by atoms with Crippen molar-refractivity contribution >= 4 is 23.5 Å². The highest BCUT2D eigenvalue weighted by atomic mass is 16.6. The van der Waals surface area contributed by atoms with Crippen LogP contribution in [-0.4, -0.2) is 14.3 Å². The maximum atomic E-state index is 11.4. The summed E-state index contributed by atoms with van der Waals surface area (Å²) in [5.74, 6) is 0.246. The van der Waals surface area contributed by atoms with Gasteiger partial charge in [0, 0.05) is 18.0 Å². The van der Waals surface area contributed by atoms with E-state index < -0.39 is 4.92 Å². The number of benzene rings is 2. The van der Waals surface area contributed by atoms with Crippen LogP contribution in [0, 0.1) is 17.0 Å². The van der Waals surface area contributed by atoms with E-state index in [2.05, 4.69) is 23.5 Å². The number of rotatable bonds is 7. The lowest BCUT2D eigenvalue weighted by Crippen LogP contribution is -1.99. The summed E-state index contributed by atoms with van der Waals surface area (Å²) in [5.41, 5.74) is 5.75. The van der Waals surface area contributed by atoms with Crippen molar-refractivity contribution in [3.8, 4) is 5.75 Å². The van der Waals surface area contributed by atoms with E-state index in [-0.39, 0.29) is 18.0 Å². The van der Waals surface area contributed by atoms with Crippen molar-refractivity contribution in [2.24, 2.45) is 0 Å². The van der Waals surface area contributed by atoms with Crippen molar-refractivity contribution in [3.63, 3.8) is 0 Å². The lowest BCUT2D eigenvalue weighted by Gasteiger charge is -2.08. The molecule has 4 rings (SSSR count). The van der Waals surface area contributed by atoms with Crippen LogP contribution in [0.25, 0.3) is 17.8 Å². The van der Waals surface area contributed by atoms with Gasteiger partial charge in [0.05, 0.1) is 10.6 Å². The zero-order valence-electron chi connectivity index (χ0n) is 17.5. The Labute approximate surface area is 180 Å². The molecule has 0 atom stereocenters. The molecule has 6 heteroatoms. The summed E-state index contributed by atoms with van der Waals surface area (Å²) in [4.78, 5) is 15.7. The molecule has 4 aromatic rings. The molecule has 0 aliphatic rings. The lowest BCUT2D eigenvalue weighted by molar-refractivity contribution is -0.385. The summed E-state index contributed by atoms with van der Waals surface area (Å²) >= 11 is 0. The van der Waals surface area contributed by atoms with Gasteiger partial charge in [-0.15, -0.1) is 0 Å². The molecular weight excluding hydrogens is 390 g/mol. The highest BCUT2D eigenvalue weighted by molar-refractivity contribution is 5.72. The molecule has 156 valence electrons. The topological polar surface area (TPSA) is 69.7 Å². The van der Waals surface area contributed by atoms with Gasteiger partial charge >= 0.3 is 5.69 Å². The van der Waals surface area contributed by atoms with Crippen molar-refractivity contribution in [1.82, 2.24) is 9.38 Å². The van der Waals surface area contributed by atoms with E-state index >= 15 is 0 Å². The van der Waals surface area contributed by atoms with Crippen LogP contribution in [0.15, 0.2) is 66.9 Å². The molecule has 6 nitrogen and oxygen atoms in total. The van der Waals surface area contributed by atoms with Gasteiger partial charge in [-0.05, 0) is 60.4 Å². The van der Waals surface area contributed by atoms with Gasteiger partial charge in [-0.25, -0.2) is 4.98 Å². The molecule has 2 aromatic heterocycles. The Bertz CT molecular complexity index is 1260. The van der Waals surface area contributed by atoms with Crippen LogP contribution in [0.3, 0.4) is 0 Å². The number of nitro groups is 1. The van der Waals surface area contributed by atoms with Crippen LogP contribution < -0.4 is 4.74 Å². The molecule has 0 saturated carbocycles. The van der Waals surface area contributed by atoms with E-state index in [4.69, 9.17) is 9.72 Å². The number of fused-ring (bicyclic) bond motifs is 1. The van der Waals surface area contributed by atoms with Crippen LogP contribution >= 0.6 is 0 Å². The summed E-state index contributed by atoms with van der Waals surface area (Å²) in [6.07, 6.45) is 6.82. The predicted octanol–water partition coefficient (Wildman–Crippen LogP) is 5.86. The number of imidazole rings is 1. The van der Waals surface area contributed by atoms with E-state index in [1.165, 1.54) is 11.6 Å². The molecule has 2 aromatic carbocycles. The van der Waals surface area contributed by atoms with Crippen molar-refractivity contribution in [2.45, 2.75) is 26.9 Å². The Kier molecular flexibility index (Phi) is 5.80. The van der Waals surface area contributed by atoms with Crippen molar-refractivity contribution in [2.75, 3.05) is 0 Å². The Balaban J connectivity index is 1.61. The molecule has 0 N–H and O–H groups in total. The first-order valence-electron chi connectivity index (χ1n) is 10.2. The molecule has 0 amide bonds. The Morgan fingerprint density at radius 1 is 1.06 bits per heavy atom. The summed E-state index contributed by atoms with van der Waals surface area (Å²) in [5, 5.41) is 11.4. The fraction of sp³-hybridized carbons (Fsp3) is 0.160. The summed E-state index contributed by atoms with van der Waals surface area (Å²) in [6, 6.07) is 18.7. The third-order valence-electron chi connectivity index (χ3n) is 5.23. The average Bonchev–Trinajstić information content (AvgIpc) is 3.11. The summed E-state index contributed by atoms with van der Waals surface area (Å²) < 4.78 is 7.84. The summed E-state index contributed by atoms with van der Waals surface area (Å²) in [7, 11) is 0. The highest BCUT2D eigenvalue weighted by Gasteiger charge is 2.15. The van der Waals surface area contributed by atoms with Crippen LogP contribution in [0.5, 0.6) is 5.75 Å². The van der Waals surface area contributed by atoms with Gasteiger partial charge in [-0.1, -0.05) is 43.3 Å². The number of hydrogen-bond donors (Lipinski definition) is 0. The van der Waals surface area contributed by atoms with Crippen LogP contribution in [0.2, 0.25) is 0 Å². The summed E-state index contributed by atoms with van der Waals surface area (Å²) in [6.45, 7) is 4.41. The Hall–Kier alpha value is -3.93. The van der Waals surface area contributed by atoms with Crippen molar-refractivity contribution in [3.05, 3.63) is 105 Å². The fourth-order valence-electron chi connectivity index (χ4n) is 3.42. The van der Waals surface area contributed by atoms with Crippen LogP contribution in [0.4, 0.5) is 5.69 Å². The molecule has 31 heavy (non-hydrogen) atoms. The number of aryl methyl sites for hydroxylation is 2. The molecule has 2 heterocycles. The Morgan fingerprint density at radius 2 is 1.87 bits per heavy atom. The molecule has 0 fully saturated rings. The van der Waals surface area contributed by atoms with E-state index in [1.807, 2.05) is 55.6 Å². The van der Waals surface area contributed by atoms with Crippen LogP contribution in [-0.2, 0) is 13.0 Å².